The molecule has 1 aliphatic rings. The Balaban J connectivity index is 1.62. The summed E-state index contributed by atoms with van der Waals surface area (Å²) in [5.41, 5.74) is 2.07. The molecule has 0 bridgehead atoms. The summed E-state index contributed by atoms with van der Waals surface area (Å²) in [5, 5.41) is 0.706. The van der Waals surface area contributed by atoms with Crippen LogP contribution in [0.2, 0.25) is 0 Å². The highest BCUT2D eigenvalue weighted by atomic mass is 16.1. The van der Waals surface area contributed by atoms with Crippen LogP contribution < -0.4 is 5.56 Å². The predicted molar refractivity (Wildman–Crippen MR) is 92.9 cm³/mol. The molecule has 0 atom stereocenters. The van der Waals surface area contributed by atoms with E-state index in [4.69, 9.17) is 4.98 Å². The van der Waals surface area contributed by atoms with Crippen molar-refractivity contribution in [2.45, 2.75) is 26.4 Å². The van der Waals surface area contributed by atoms with Crippen LogP contribution >= 0.6 is 0 Å². The van der Waals surface area contributed by atoms with E-state index < -0.39 is 0 Å². The smallest absolute Gasteiger partial charge is 0.261 e. The molecule has 3 aromatic rings. The lowest BCUT2D eigenvalue weighted by molar-refractivity contribution is 0.265. The first-order valence-electron chi connectivity index (χ1n) is 8.31. The van der Waals surface area contributed by atoms with Crippen molar-refractivity contribution >= 4 is 10.9 Å². The lowest BCUT2D eigenvalue weighted by Gasteiger charge is -2.19. The molecule has 0 fully saturated rings. The van der Waals surface area contributed by atoms with E-state index in [9.17, 15) is 4.79 Å². The van der Waals surface area contributed by atoms with Gasteiger partial charge in [0.1, 0.15) is 11.6 Å². The van der Waals surface area contributed by atoms with E-state index in [1.807, 2.05) is 49.0 Å². The maximum absolute atomic E-state index is 12.7. The molecule has 0 saturated carbocycles. The third kappa shape index (κ3) is 2.53. The topological polar surface area (TPSA) is 56.0 Å². The van der Waals surface area contributed by atoms with Gasteiger partial charge in [-0.2, -0.15) is 0 Å². The van der Waals surface area contributed by atoms with Crippen molar-refractivity contribution in [1.82, 2.24) is 24.0 Å². The van der Waals surface area contributed by atoms with E-state index in [0.29, 0.717) is 11.9 Å². The first-order valence-corrected chi connectivity index (χ1v) is 8.31. The van der Waals surface area contributed by atoms with Crippen LogP contribution in [0.5, 0.6) is 0 Å². The largest absolute Gasteiger partial charge is 0.334 e. The molecule has 24 heavy (non-hydrogen) atoms. The van der Waals surface area contributed by atoms with Crippen molar-refractivity contribution in [3.05, 3.63) is 58.2 Å². The summed E-state index contributed by atoms with van der Waals surface area (Å²) in [6, 6.07) is 7.60. The lowest BCUT2D eigenvalue weighted by atomic mass is 10.2. The summed E-state index contributed by atoms with van der Waals surface area (Å²) in [5.74, 6) is 1.91. The standard InChI is InChI=1S/C18H21N5O/c1-13-19-11-14(21(13)2)12-22-8-7-17-20-16-6-4-3-5-15(16)18(24)23(17)10-9-22/h3-6,11H,7-10,12H2,1-2H3. The molecule has 124 valence electrons. The lowest BCUT2D eigenvalue weighted by Crippen LogP contribution is -2.29. The summed E-state index contributed by atoms with van der Waals surface area (Å²) in [6.07, 6.45) is 2.73. The minimum absolute atomic E-state index is 0.0776. The Labute approximate surface area is 140 Å². The van der Waals surface area contributed by atoms with Crippen LogP contribution in [0, 0.1) is 6.92 Å². The third-order valence-electron chi connectivity index (χ3n) is 4.93. The number of para-hydroxylation sites is 1. The minimum Gasteiger partial charge on any atom is -0.334 e. The first kappa shape index (κ1) is 15.1. The second kappa shape index (κ2) is 5.87. The van der Waals surface area contributed by atoms with E-state index >= 15 is 0 Å². The molecule has 2 aromatic heterocycles. The number of aryl methyl sites for hydroxylation is 1. The molecule has 0 aliphatic carbocycles. The second-order valence-electron chi connectivity index (χ2n) is 6.38. The minimum atomic E-state index is 0.0776. The zero-order valence-corrected chi connectivity index (χ0v) is 14.1. The van der Waals surface area contributed by atoms with Crippen molar-refractivity contribution in [3.63, 3.8) is 0 Å². The summed E-state index contributed by atoms with van der Waals surface area (Å²) in [4.78, 5) is 24.2. The summed E-state index contributed by atoms with van der Waals surface area (Å²) < 4.78 is 3.97. The van der Waals surface area contributed by atoms with Crippen LogP contribution in [-0.2, 0) is 26.6 Å². The number of rotatable bonds is 2. The Morgan fingerprint density at radius 2 is 2.00 bits per heavy atom. The van der Waals surface area contributed by atoms with Crippen LogP contribution in [0.1, 0.15) is 17.3 Å². The van der Waals surface area contributed by atoms with Gasteiger partial charge in [0, 0.05) is 45.8 Å². The van der Waals surface area contributed by atoms with Crippen molar-refractivity contribution in [3.8, 4) is 0 Å². The highest BCUT2D eigenvalue weighted by molar-refractivity contribution is 5.77. The maximum atomic E-state index is 12.7. The van der Waals surface area contributed by atoms with E-state index in [2.05, 4.69) is 14.5 Å². The van der Waals surface area contributed by atoms with Gasteiger partial charge in [-0.1, -0.05) is 12.1 Å². The zero-order valence-electron chi connectivity index (χ0n) is 14.1. The number of nitrogens with zero attached hydrogens (tertiary/aromatic N) is 5. The monoisotopic (exact) mass is 323 g/mol. The summed E-state index contributed by atoms with van der Waals surface area (Å²) in [6.45, 7) is 5.28. The van der Waals surface area contributed by atoms with Gasteiger partial charge in [0.25, 0.3) is 5.56 Å². The molecule has 0 saturated heterocycles. The second-order valence-corrected chi connectivity index (χ2v) is 6.38. The molecule has 1 aliphatic heterocycles. The van der Waals surface area contributed by atoms with Crippen LogP contribution in [0.15, 0.2) is 35.3 Å². The fourth-order valence-electron chi connectivity index (χ4n) is 3.33. The number of benzene rings is 1. The predicted octanol–water partition coefficient (Wildman–Crippen LogP) is 1.50. The molecule has 6 heteroatoms. The molecule has 0 N–H and O–H groups in total. The Bertz CT molecular complexity index is 956. The number of fused-ring (bicyclic) bond motifs is 2. The van der Waals surface area contributed by atoms with Gasteiger partial charge in [-0.25, -0.2) is 9.97 Å². The average Bonchev–Trinajstić information content (AvgIpc) is 2.79. The highest BCUT2D eigenvalue weighted by Gasteiger charge is 2.18. The van der Waals surface area contributed by atoms with E-state index in [1.54, 1.807) is 0 Å². The Morgan fingerprint density at radius 3 is 2.79 bits per heavy atom. The highest BCUT2D eigenvalue weighted by Crippen LogP contribution is 2.13. The number of hydrogen-bond acceptors (Lipinski definition) is 4. The third-order valence-corrected chi connectivity index (χ3v) is 4.93. The van der Waals surface area contributed by atoms with Crippen molar-refractivity contribution in [2.24, 2.45) is 7.05 Å². The summed E-state index contributed by atoms with van der Waals surface area (Å²) in [7, 11) is 2.04. The molecule has 0 unspecified atom stereocenters. The molecule has 1 aromatic carbocycles. The Kier molecular flexibility index (Phi) is 3.69. The molecule has 0 radical (unpaired) electrons. The first-order chi connectivity index (χ1) is 11.6. The normalized spacial score (nSPS) is 15.4. The quantitative estimate of drug-likeness (QED) is 0.717. The molecule has 6 nitrogen and oxygen atoms in total. The van der Waals surface area contributed by atoms with E-state index in [1.165, 1.54) is 5.69 Å². The van der Waals surface area contributed by atoms with Crippen molar-refractivity contribution in [1.29, 1.82) is 0 Å². The Hall–Kier alpha value is -2.47. The van der Waals surface area contributed by atoms with Gasteiger partial charge < -0.3 is 4.57 Å². The van der Waals surface area contributed by atoms with Gasteiger partial charge in [-0.05, 0) is 19.1 Å². The number of aromatic nitrogens is 4. The molecule has 3 heterocycles. The molecular formula is C18H21N5O. The van der Waals surface area contributed by atoms with Gasteiger partial charge >= 0.3 is 0 Å². The summed E-state index contributed by atoms with van der Waals surface area (Å²) >= 11 is 0. The molecule has 4 rings (SSSR count). The molecule has 0 amide bonds. The molecule has 0 spiro atoms. The van der Waals surface area contributed by atoms with Gasteiger partial charge in [-0.3, -0.25) is 14.3 Å². The Morgan fingerprint density at radius 1 is 1.17 bits per heavy atom. The van der Waals surface area contributed by atoms with Crippen molar-refractivity contribution in [2.75, 3.05) is 13.1 Å². The van der Waals surface area contributed by atoms with Crippen LogP contribution in [0.4, 0.5) is 0 Å². The van der Waals surface area contributed by atoms with Crippen LogP contribution in [0.3, 0.4) is 0 Å². The fraction of sp³-hybridized carbons (Fsp3) is 0.389. The van der Waals surface area contributed by atoms with Crippen molar-refractivity contribution < 1.29 is 0 Å². The van der Waals surface area contributed by atoms with E-state index in [0.717, 1.165) is 43.2 Å². The fourth-order valence-corrected chi connectivity index (χ4v) is 3.33. The number of hydrogen-bond donors (Lipinski definition) is 0. The SMILES string of the molecule is Cc1ncc(CN2CCc3nc4ccccc4c(=O)n3CC2)n1C. The van der Waals surface area contributed by atoms with E-state index in [-0.39, 0.29) is 5.56 Å². The molecular weight excluding hydrogens is 302 g/mol. The average molecular weight is 323 g/mol. The van der Waals surface area contributed by atoms with Gasteiger partial charge in [0.2, 0.25) is 0 Å². The van der Waals surface area contributed by atoms with Gasteiger partial charge in [-0.15, -0.1) is 0 Å². The van der Waals surface area contributed by atoms with Crippen LogP contribution in [-0.4, -0.2) is 37.1 Å². The maximum Gasteiger partial charge on any atom is 0.261 e. The van der Waals surface area contributed by atoms with Gasteiger partial charge in [0.15, 0.2) is 0 Å². The number of imidazole rings is 1. The van der Waals surface area contributed by atoms with Gasteiger partial charge in [0.05, 0.1) is 16.6 Å². The van der Waals surface area contributed by atoms with Crippen LogP contribution in [0.25, 0.3) is 10.9 Å². The zero-order chi connectivity index (χ0) is 16.7.